The van der Waals surface area contributed by atoms with Crippen molar-refractivity contribution in [2.24, 2.45) is 5.92 Å². The highest BCUT2D eigenvalue weighted by Gasteiger charge is 2.21. The average molecular weight is 268 g/mol. The molecule has 1 aromatic rings. The van der Waals surface area contributed by atoms with Crippen LogP contribution in [0.3, 0.4) is 0 Å². The van der Waals surface area contributed by atoms with Gasteiger partial charge in [0, 0.05) is 11.6 Å². The van der Waals surface area contributed by atoms with Crippen molar-refractivity contribution in [3.8, 4) is 0 Å². The molecule has 1 aliphatic rings. The van der Waals surface area contributed by atoms with Gasteiger partial charge in [0.1, 0.15) is 11.6 Å². The molecule has 1 aromatic carbocycles. The van der Waals surface area contributed by atoms with Crippen molar-refractivity contribution in [3.63, 3.8) is 0 Å². The first-order chi connectivity index (χ1) is 9.08. The Balaban J connectivity index is 2.06. The van der Waals surface area contributed by atoms with Crippen LogP contribution in [0, 0.1) is 24.5 Å². The first-order valence-corrected chi connectivity index (χ1v) is 7.21. The Morgan fingerprint density at radius 1 is 1.11 bits per heavy atom. The van der Waals surface area contributed by atoms with Gasteiger partial charge in [-0.05, 0) is 30.9 Å². The zero-order chi connectivity index (χ0) is 13.8. The Bertz CT molecular complexity index is 423. The van der Waals surface area contributed by atoms with Gasteiger partial charge in [-0.15, -0.1) is 0 Å². The molecule has 1 N–H and O–H groups in total. The number of hydrogen-bond donors (Lipinski definition) is 1. The highest BCUT2D eigenvalue weighted by molar-refractivity contribution is 5.27. The number of aliphatic hydroxyl groups is 1. The van der Waals surface area contributed by atoms with E-state index in [0.717, 1.165) is 18.9 Å². The normalized spacial score (nSPS) is 19.2. The fourth-order valence-corrected chi connectivity index (χ4v) is 2.98. The zero-order valence-corrected chi connectivity index (χ0v) is 11.5. The Labute approximate surface area is 113 Å². The molecule has 1 aliphatic carbocycles. The van der Waals surface area contributed by atoms with Gasteiger partial charge in [-0.1, -0.05) is 38.5 Å². The quantitative estimate of drug-likeness (QED) is 0.790. The topological polar surface area (TPSA) is 20.2 Å². The average Bonchev–Trinajstić information content (AvgIpc) is 2.62. The fraction of sp³-hybridized carbons (Fsp3) is 0.625. The van der Waals surface area contributed by atoms with Crippen LogP contribution in [0.5, 0.6) is 0 Å². The van der Waals surface area contributed by atoms with Crippen molar-refractivity contribution in [1.82, 2.24) is 0 Å². The molecule has 0 aromatic heterocycles. The predicted octanol–water partition coefficient (Wildman–Crippen LogP) is 4.67. The van der Waals surface area contributed by atoms with Crippen molar-refractivity contribution < 1.29 is 13.9 Å². The molecule has 3 heteroatoms. The van der Waals surface area contributed by atoms with Gasteiger partial charge in [-0.25, -0.2) is 8.78 Å². The van der Waals surface area contributed by atoms with Crippen LogP contribution in [-0.4, -0.2) is 5.11 Å². The standard InChI is InChI=1S/C16H22F2O/c1-11-8-13(15(18)10-14(11)17)16(19)9-12-6-4-2-3-5-7-12/h8,10,12,16,19H,2-7,9H2,1H3. The Hall–Kier alpha value is -0.960. The van der Waals surface area contributed by atoms with Gasteiger partial charge in [0.05, 0.1) is 6.10 Å². The first-order valence-electron chi connectivity index (χ1n) is 7.21. The summed E-state index contributed by atoms with van der Waals surface area (Å²) in [5.41, 5.74) is 0.625. The summed E-state index contributed by atoms with van der Waals surface area (Å²) in [5, 5.41) is 10.2. The van der Waals surface area contributed by atoms with E-state index in [9.17, 15) is 13.9 Å². The maximum Gasteiger partial charge on any atom is 0.131 e. The number of aliphatic hydroxyl groups excluding tert-OH is 1. The summed E-state index contributed by atoms with van der Waals surface area (Å²) in [6.45, 7) is 1.59. The van der Waals surface area contributed by atoms with E-state index in [1.807, 2.05) is 0 Å². The van der Waals surface area contributed by atoms with Crippen LogP contribution in [0.4, 0.5) is 8.78 Å². The minimum Gasteiger partial charge on any atom is -0.388 e. The SMILES string of the molecule is Cc1cc(C(O)CC2CCCCCC2)c(F)cc1F. The molecule has 0 aliphatic heterocycles. The van der Waals surface area contributed by atoms with Crippen molar-refractivity contribution in [3.05, 3.63) is 34.9 Å². The molecule has 19 heavy (non-hydrogen) atoms. The molecule has 0 spiro atoms. The van der Waals surface area contributed by atoms with E-state index in [1.165, 1.54) is 31.7 Å². The molecule has 106 valence electrons. The van der Waals surface area contributed by atoms with Gasteiger partial charge in [-0.2, -0.15) is 0 Å². The maximum atomic E-state index is 13.7. The molecule has 0 saturated heterocycles. The lowest BCUT2D eigenvalue weighted by Gasteiger charge is -2.19. The highest BCUT2D eigenvalue weighted by atomic mass is 19.1. The van der Waals surface area contributed by atoms with Crippen LogP contribution in [0.25, 0.3) is 0 Å². The van der Waals surface area contributed by atoms with Gasteiger partial charge in [0.25, 0.3) is 0 Å². The molecule has 1 saturated carbocycles. The monoisotopic (exact) mass is 268 g/mol. The lowest BCUT2D eigenvalue weighted by molar-refractivity contribution is 0.135. The highest BCUT2D eigenvalue weighted by Crippen LogP contribution is 2.32. The summed E-state index contributed by atoms with van der Waals surface area (Å²) in [4.78, 5) is 0. The smallest absolute Gasteiger partial charge is 0.131 e. The molecular weight excluding hydrogens is 246 g/mol. The summed E-state index contributed by atoms with van der Waals surface area (Å²) in [5.74, 6) is -0.727. The molecule has 1 nitrogen and oxygen atoms in total. The summed E-state index contributed by atoms with van der Waals surface area (Å²) in [7, 11) is 0. The van der Waals surface area contributed by atoms with Crippen molar-refractivity contribution >= 4 is 0 Å². The van der Waals surface area contributed by atoms with Crippen molar-refractivity contribution in [2.75, 3.05) is 0 Å². The summed E-state index contributed by atoms with van der Waals surface area (Å²) in [6.07, 6.45) is 6.90. The summed E-state index contributed by atoms with van der Waals surface area (Å²) < 4.78 is 26.9. The fourth-order valence-electron chi connectivity index (χ4n) is 2.98. The Morgan fingerprint density at radius 2 is 1.74 bits per heavy atom. The molecule has 1 fully saturated rings. The van der Waals surface area contributed by atoms with Gasteiger partial charge in [0.2, 0.25) is 0 Å². The number of rotatable bonds is 3. The Morgan fingerprint density at radius 3 is 2.37 bits per heavy atom. The number of aryl methyl sites for hydroxylation is 1. The van der Waals surface area contributed by atoms with Crippen LogP contribution < -0.4 is 0 Å². The molecular formula is C16H22F2O. The van der Waals surface area contributed by atoms with Gasteiger partial charge < -0.3 is 5.11 Å². The van der Waals surface area contributed by atoms with E-state index in [1.54, 1.807) is 6.92 Å². The molecule has 0 radical (unpaired) electrons. The zero-order valence-electron chi connectivity index (χ0n) is 11.5. The molecule has 1 atom stereocenters. The second kappa shape index (κ2) is 6.47. The lowest BCUT2D eigenvalue weighted by Crippen LogP contribution is -2.09. The molecule has 0 heterocycles. The number of halogens is 2. The summed E-state index contributed by atoms with van der Waals surface area (Å²) in [6, 6.07) is 2.31. The van der Waals surface area contributed by atoms with E-state index in [0.29, 0.717) is 17.9 Å². The van der Waals surface area contributed by atoms with Crippen LogP contribution >= 0.6 is 0 Å². The first kappa shape index (κ1) is 14.4. The van der Waals surface area contributed by atoms with E-state index < -0.39 is 17.7 Å². The molecule has 0 bridgehead atoms. The minimum absolute atomic E-state index is 0.239. The van der Waals surface area contributed by atoms with Crippen LogP contribution in [0.15, 0.2) is 12.1 Å². The van der Waals surface area contributed by atoms with Crippen LogP contribution in [0.2, 0.25) is 0 Å². The van der Waals surface area contributed by atoms with Gasteiger partial charge in [-0.3, -0.25) is 0 Å². The van der Waals surface area contributed by atoms with E-state index in [4.69, 9.17) is 0 Å². The van der Waals surface area contributed by atoms with Gasteiger partial charge >= 0.3 is 0 Å². The van der Waals surface area contributed by atoms with E-state index >= 15 is 0 Å². The third-order valence-corrected chi connectivity index (χ3v) is 4.17. The number of hydrogen-bond acceptors (Lipinski definition) is 1. The summed E-state index contributed by atoms with van der Waals surface area (Å²) >= 11 is 0. The van der Waals surface area contributed by atoms with E-state index in [-0.39, 0.29) is 5.56 Å². The van der Waals surface area contributed by atoms with Gasteiger partial charge in [0.15, 0.2) is 0 Å². The largest absolute Gasteiger partial charge is 0.388 e. The number of benzene rings is 1. The lowest BCUT2D eigenvalue weighted by atomic mass is 9.90. The van der Waals surface area contributed by atoms with Crippen molar-refractivity contribution in [2.45, 2.75) is 58.0 Å². The third kappa shape index (κ3) is 3.75. The predicted molar refractivity (Wildman–Crippen MR) is 71.9 cm³/mol. The van der Waals surface area contributed by atoms with Crippen LogP contribution in [-0.2, 0) is 0 Å². The van der Waals surface area contributed by atoms with E-state index in [2.05, 4.69) is 0 Å². The minimum atomic E-state index is -0.817. The second-order valence-corrected chi connectivity index (χ2v) is 5.73. The maximum absolute atomic E-state index is 13.7. The second-order valence-electron chi connectivity index (χ2n) is 5.73. The van der Waals surface area contributed by atoms with Crippen molar-refractivity contribution in [1.29, 1.82) is 0 Å². The molecule has 0 amide bonds. The van der Waals surface area contributed by atoms with Crippen LogP contribution in [0.1, 0.15) is 62.2 Å². The molecule has 2 rings (SSSR count). The third-order valence-electron chi connectivity index (χ3n) is 4.17. The molecule has 1 unspecified atom stereocenters. The Kier molecular flexibility index (Phi) is 4.92.